The molecule has 4 nitrogen and oxygen atoms in total. The molecular weight excluding hydrogens is 280 g/mol. The van der Waals surface area contributed by atoms with E-state index in [-0.39, 0.29) is 5.43 Å². The van der Waals surface area contributed by atoms with Crippen LogP contribution >= 0.6 is 0 Å². The number of hydrogen-bond donors (Lipinski definition) is 0. The maximum atomic E-state index is 12.8. The van der Waals surface area contributed by atoms with Gasteiger partial charge in [-0.25, -0.2) is 0 Å². The second kappa shape index (κ2) is 5.56. The van der Waals surface area contributed by atoms with Gasteiger partial charge in [0.1, 0.15) is 28.7 Å². The van der Waals surface area contributed by atoms with Crippen LogP contribution in [0.4, 0.5) is 0 Å². The average molecular weight is 296 g/mol. The molecule has 3 aromatic rings. The van der Waals surface area contributed by atoms with E-state index in [2.05, 4.69) is 0 Å². The molecule has 3 rings (SSSR count). The highest BCUT2D eigenvalue weighted by atomic mass is 16.5. The lowest BCUT2D eigenvalue weighted by Gasteiger charge is -2.09. The summed E-state index contributed by atoms with van der Waals surface area (Å²) in [6.45, 7) is 2.00. The van der Waals surface area contributed by atoms with Crippen LogP contribution in [0.1, 0.15) is 5.56 Å². The van der Waals surface area contributed by atoms with Gasteiger partial charge in [-0.2, -0.15) is 0 Å². The number of hydrogen-bond acceptors (Lipinski definition) is 4. The molecule has 0 aliphatic heterocycles. The average Bonchev–Trinajstić information content (AvgIpc) is 2.55. The first-order valence-corrected chi connectivity index (χ1v) is 6.88. The van der Waals surface area contributed by atoms with Crippen molar-refractivity contribution in [2.24, 2.45) is 0 Å². The Hall–Kier alpha value is -2.75. The minimum atomic E-state index is -0.121. The standard InChI is InChI=1S/C18H16O4/c1-11-4-6-12(7-5-11)14-10-22-16-9-13(20-2)8-15(21-3)17(16)18(14)19/h4-10H,1-3H3. The van der Waals surface area contributed by atoms with E-state index in [1.54, 1.807) is 19.2 Å². The fourth-order valence-electron chi connectivity index (χ4n) is 2.40. The molecule has 1 aromatic heterocycles. The van der Waals surface area contributed by atoms with Crippen molar-refractivity contribution in [3.8, 4) is 22.6 Å². The lowest BCUT2D eigenvalue weighted by atomic mass is 10.0. The molecule has 4 heteroatoms. The van der Waals surface area contributed by atoms with E-state index >= 15 is 0 Å². The van der Waals surface area contributed by atoms with Gasteiger partial charge in [-0.3, -0.25) is 4.79 Å². The van der Waals surface area contributed by atoms with Gasteiger partial charge in [0.15, 0.2) is 0 Å². The monoisotopic (exact) mass is 296 g/mol. The first kappa shape index (κ1) is 14.2. The second-order valence-corrected chi connectivity index (χ2v) is 5.05. The number of ether oxygens (including phenoxy) is 2. The van der Waals surface area contributed by atoms with Crippen molar-refractivity contribution < 1.29 is 13.9 Å². The molecule has 0 amide bonds. The Morgan fingerprint density at radius 2 is 1.73 bits per heavy atom. The lowest BCUT2D eigenvalue weighted by molar-refractivity contribution is 0.396. The molecule has 0 saturated heterocycles. The van der Waals surface area contributed by atoms with Crippen LogP contribution in [0.2, 0.25) is 0 Å². The van der Waals surface area contributed by atoms with Crippen LogP contribution in [0.5, 0.6) is 11.5 Å². The molecule has 0 atom stereocenters. The Kier molecular flexibility index (Phi) is 3.59. The van der Waals surface area contributed by atoms with Crippen LogP contribution < -0.4 is 14.9 Å². The van der Waals surface area contributed by atoms with Crippen molar-refractivity contribution in [1.82, 2.24) is 0 Å². The van der Waals surface area contributed by atoms with Gasteiger partial charge in [0.2, 0.25) is 5.43 Å². The van der Waals surface area contributed by atoms with E-state index in [1.165, 1.54) is 13.4 Å². The van der Waals surface area contributed by atoms with Gasteiger partial charge in [-0.05, 0) is 12.5 Å². The summed E-state index contributed by atoms with van der Waals surface area (Å²) in [6.07, 6.45) is 1.48. The molecule has 112 valence electrons. The van der Waals surface area contributed by atoms with E-state index in [9.17, 15) is 4.79 Å². The number of rotatable bonds is 3. The van der Waals surface area contributed by atoms with Crippen molar-refractivity contribution in [3.63, 3.8) is 0 Å². The van der Waals surface area contributed by atoms with E-state index in [0.29, 0.717) is 28.0 Å². The Bertz CT molecular complexity index is 876. The maximum absolute atomic E-state index is 12.8. The zero-order valence-corrected chi connectivity index (χ0v) is 12.7. The summed E-state index contributed by atoms with van der Waals surface area (Å²) in [5.41, 5.74) is 2.79. The number of methoxy groups -OCH3 is 2. The first-order valence-electron chi connectivity index (χ1n) is 6.88. The summed E-state index contributed by atoms with van der Waals surface area (Å²) < 4.78 is 16.1. The summed E-state index contributed by atoms with van der Waals surface area (Å²) in [4.78, 5) is 12.8. The van der Waals surface area contributed by atoms with Crippen LogP contribution in [0, 0.1) is 6.92 Å². The summed E-state index contributed by atoms with van der Waals surface area (Å²) in [7, 11) is 3.07. The second-order valence-electron chi connectivity index (χ2n) is 5.05. The van der Waals surface area contributed by atoms with Crippen molar-refractivity contribution in [1.29, 1.82) is 0 Å². The van der Waals surface area contributed by atoms with E-state index in [1.807, 2.05) is 31.2 Å². The van der Waals surface area contributed by atoms with Gasteiger partial charge >= 0.3 is 0 Å². The SMILES string of the molecule is COc1cc(OC)c2c(=O)c(-c3ccc(C)cc3)coc2c1. The molecule has 0 bridgehead atoms. The van der Waals surface area contributed by atoms with Crippen LogP contribution in [-0.2, 0) is 0 Å². The molecule has 0 aliphatic rings. The predicted molar refractivity (Wildman–Crippen MR) is 85.8 cm³/mol. The van der Waals surface area contributed by atoms with Gasteiger partial charge in [0.25, 0.3) is 0 Å². The fourth-order valence-corrected chi connectivity index (χ4v) is 2.40. The molecule has 0 spiro atoms. The molecular formula is C18H16O4. The molecule has 0 saturated carbocycles. The van der Waals surface area contributed by atoms with Crippen LogP contribution in [-0.4, -0.2) is 14.2 Å². The van der Waals surface area contributed by atoms with Gasteiger partial charge in [-0.1, -0.05) is 29.8 Å². The van der Waals surface area contributed by atoms with Crippen molar-refractivity contribution in [2.45, 2.75) is 6.92 Å². The largest absolute Gasteiger partial charge is 0.496 e. The Morgan fingerprint density at radius 1 is 1.00 bits per heavy atom. The van der Waals surface area contributed by atoms with Gasteiger partial charge < -0.3 is 13.9 Å². The summed E-state index contributed by atoms with van der Waals surface area (Å²) >= 11 is 0. The fraction of sp³-hybridized carbons (Fsp3) is 0.167. The molecule has 22 heavy (non-hydrogen) atoms. The third kappa shape index (κ3) is 2.33. The highest BCUT2D eigenvalue weighted by Crippen LogP contribution is 2.30. The predicted octanol–water partition coefficient (Wildman–Crippen LogP) is 3.79. The normalized spacial score (nSPS) is 10.7. The van der Waals surface area contributed by atoms with E-state index in [4.69, 9.17) is 13.9 Å². The van der Waals surface area contributed by atoms with Crippen molar-refractivity contribution >= 4 is 11.0 Å². The van der Waals surface area contributed by atoms with Gasteiger partial charge in [0, 0.05) is 12.1 Å². The smallest absolute Gasteiger partial charge is 0.204 e. The maximum Gasteiger partial charge on any atom is 0.204 e. The quantitative estimate of drug-likeness (QED) is 0.738. The molecule has 0 aliphatic carbocycles. The molecule has 0 fully saturated rings. The Morgan fingerprint density at radius 3 is 2.36 bits per heavy atom. The van der Waals surface area contributed by atoms with Crippen LogP contribution in [0.3, 0.4) is 0 Å². The Balaban J connectivity index is 2.29. The summed E-state index contributed by atoms with van der Waals surface area (Å²) in [5, 5.41) is 0.418. The first-order chi connectivity index (χ1) is 10.6. The molecule has 1 heterocycles. The minimum absolute atomic E-state index is 0.121. The number of fused-ring (bicyclic) bond motifs is 1. The van der Waals surface area contributed by atoms with Crippen molar-refractivity contribution in [3.05, 3.63) is 58.4 Å². The van der Waals surface area contributed by atoms with Crippen LogP contribution in [0.15, 0.2) is 51.9 Å². The topological polar surface area (TPSA) is 48.7 Å². The molecule has 0 N–H and O–H groups in total. The van der Waals surface area contributed by atoms with E-state index < -0.39 is 0 Å². The van der Waals surface area contributed by atoms with Gasteiger partial charge in [-0.15, -0.1) is 0 Å². The Labute approximate surface area is 127 Å². The highest BCUT2D eigenvalue weighted by molar-refractivity contribution is 5.88. The summed E-state index contributed by atoms with van der Waals surface area (Å²) in [6, 6.07) is 11.1. The highest BCUT2D eigenvalue weighted by Gasteiger charge is 2.15. The zero-order valence-electron chi connectivity index (χ0n) is 12.7. The van der Waals surface area contributed by atoms with Crippen molar-refractivity contribution in [2.75, 3.05) is 14.2 Å². The number of aryl methyl sites for hydroxylation is 1. The summed E-state index contributed by atoms with van der Waals surface area (Å²) in [5.74, 6) is 1.02. The zero-order chi connectivity index (χ0) is 15.7. The minimum Gasteiger partial charge on any atom is -0.496 e. The van der Waals surface area contributed by atoms with Gasteiger partial charge in [0.05, 0.1) is 19.8 Å². The van der Waals surface area contributed by atoms with E-state index in [0.717, 1.165) is 11.1 Å². The third-order valence-electron chi connectivity index (χ3n) is 3.63. The molecule has 2 aromatic carbocycles. The third-order valence-corrected chi connectivity index (χ3v) is 3.63. The number of benzene rings is 2. The van der Waals surface area contributed by atoms with Crippen LogP contribution in [0.25, 0.3) is 22.1 Å². The molecule has 0 radical (unpaired) electrons. The molecule has 0 unspecified atom stereocenters. The lowest BCUT2D eigenvalue weighted by Crippen LogP contribution is -2.06.